The van der Waals surface area contributed by atoms with Crippen molar-refractivity contribution in [1.82, 2.24) is 29.8 Å². The number of aliphatic hydroxyl groups excluding tert-OH is 4. The number of ether oxygens (including phenoxy) is 1. The van der Waals surface area contributed by atoms with Gasteiger partial charge in [-0.05, 0) is 28.3 Å². The molecule has 1 aliphatic rings. The summed E-state index contributed by atoms with van der Waals surface area (Å²) >= 11 is 6.29. The van der Waals surface area contributed by atoms with E-state index in [2.05, 4.69) is 27.3 Å². The number of aliphatic hydroxyl groups is 4. The molecule has 5 atom stereocenters. The van der Waals surface area contributed by atoms with Crippen LogP contribution in [-0.4, -0.2) is 85.7 Å². The third kappa shape index (κ3) is 5.79. The molecule has 1 fully saturated rings. The van der Waals surface area contributed by atoms with E-state index in [1.54, 1.807) is 12.1 Å². The number of nitrogens with zero attached hydrogens (tertiary/aromatic N) is 6. The van der Waals surface area contributed by atoms with E-state index in [-0.39, 0.29) is 12.4 Å². The lowest BCUT2D eigenvalue weighted by Crippen LogP contribution is -2.58. The van der Waals surface area contributed by atoms with E-state index >= 15 is 0 Å². The van der Waals surface area contributed by atoms with Gasteiger partial charge in [0.15, 0.2) is 11.3 Å². The quantitative estimate of drug-likeness (QED) is 0.179. The Kier molecular flexibility index (Phi) is 8.96. The number of tetrazole rings is 1. The first kappa shape index (κ1) is 29.8. The number of carbonyl (C=O) groups is 1. The molecule has 4 aromatic rings. The number of halogens is 1. The van der Waals surface area contributed by atoms with Gasteiger partial charge in [-0.3, -0.25) is 0 Å². The zero-order valence-electron chi connectivity index (χ0n) is 22.7. The van der Waals surface area contributed by atoms with Crippen LogP contribution >= 0.6 is 11.6 Å². The highest BCUT2D eigenvalue weighted by molar-refractivity contribution is 6.30. The van der Waals surface area contributed by atoms with Gasteiger partial charge in [-0.25, -0.2) is 9.78 Å². The summed E-state index contributed by atoms with van der Waals surface area (Å²) in [6.45, 7) is 2.39. The van der Waals surface area contributed by atoms with Gasteiger partial charge < -0.3 is 34.8 Å². The second kappa shape index (κ2) is 12.7. The van der Waals surface area contributed by atoms with Crippen LogP contribution in [0.25, 0.3) is 22.5 Å². The van der Waals surface area contributed by atoms with E-state index in [4.69, 9.17) is 16.3 Å². The van der Waals surface area contributed by atoms with Crippen molar-refractivity contribution in [2.45, 2.75) is 70.0 Å². The van der Waals surface area contributed by atoms with Gasteiger partial charge in [0, 0.05) is 18.5 Å². The van der Waals surface area contributed by atoms with Crippen LogP contribution in [0, 0.1) is 0 Å². The summed E-state index contributed by atoms with van der Waals surface area (Å²) in [6, 6.07) is 15.2. The molecule has 0 aliphatic carbocycles. The summed E-state index contributed by atoms with van der Waals surface area (Å²) in [5.74, 6) is -0.495. The molecule has 1 saturated heterocycles. The number of carboxylic acid groups (broad SMARTS) is 1. The van der Waals surface area contributed by atoms with Gasteiger partial charge in [-0.1, -0.05) is 73.5 Å². The van der Waals surface area contributed by atoms with Gasteiger partial charge in [0.1, 0.15) is 24.1 Å². The molecule has 14 heteroatoms. The molecule has 0 radical (unpaired) electrons. The van der Waals surface area contributed by atoms with Crippen molar-refractivity contribution in [3.8, 4) is 22.5 Å². The van der Waals surface area contributed by atoms with Crippen molar-refractivity contribution in [2.24, 2.45) is 0 Å². The minimum atomic E-state index is -1.83. The topological polar surface area (TPSA) is 189 Å². The van der Waals surface area contributed by atoms with E-state index in [0.717, 1.165) is 46.6 Å². The molecular formula is C28H31ClN6O7. The van der Waals surface area contributed by atoms with Crippen molar-refractivity contribution in [3.05, 3.63) is 70.8 Å². The van der Waals surface area contributed by atoms with Crippen LogP contribution in [0.3, 0.4) is 0 Å². The molecule has 1 aliphatic heterocycles. The highest BCUT2D eigenvalue weighted by Crippen LogP contribution is 2.32. The molecule has 2 aromatic heterocycles. The maximum Gasteiger partial charge on any atom is 0.335 e. The number of carboxylic acids is 1. The summed E-state index contributed by atoms with van der Waals surface area (Å²) in [4.78, 5) is 16.8. The van der Waals surface area contributed by atoms with Crippen molar-refractivity contribution in [1.29, 1.82) is 0 Å². The summed E-state index contributed by atoms with van der Waals surface area (Å²) < 4.78 is 7.27. The number of aryl methyl sites for hydroxylation is 1. The number of imidazole rings is 1. The fourth-order valence-electron chi connectivity index (χ4n) is 4.97. The standard InChI is InChI=1S/C28H31ClN6O7/c1-2-3-8-20-30-25(29)19(14-36)34(20)13-15-9-11-16(12-10-15)17-6-4-5-7-18(17)26-31-33-35(32-26)27-23(39)21(37)22(38)24(42-27)28(40)41/h4-7,9-12,21-24,27,36-39H,2-3,8,13-14H2,1H3,(H,40,41)/t21-,22-,23+,24-,27+/m1/s1. The number of hydrogen-bond acceptors (Lipinski definition) is 10. The zero-order chi connectivity index (χ0) is 30.0. The molecular weight excluding hydrogens is 568 g/mol. The molecule has 0 unspecified atom stereocenters. The van der Waals surface area contributed by atoms with Crippen molar-refractivity contribution in [3.63, 3.8) is 0 Å². The molecule has 0 amide bonds. The zero-order valence-corrected chi connectivity index (χ0v) is 23.4. The van der Waals surface area contributed by atoms with Crippen molar-refractivity contribution in [2.75, 3.05) is 0 Å². The summed E-state index contributed by atoms with van der Waals surface area (Å²) in [7, 11) is 0. The largest absolute Gasteiger partial charge is 0.479 e. The van der Waals surface area contributed by atoms with Crippen molar-refractivity contribution >= 4 is 17.6 Å². The van der Waals surface area contributed by atoms with Crippen LogP contribution in [0.4, 0.5) is 0 Å². The van der Waals surface area contributed by atoms with Crippen LogP contribution in [0.1, 0.15) is 43.1 Å². The lowest BCUT2D eigenvalue weighted by molar-refractivity contribution is -0.251. The van der Waals surface area contributed by atoms with Crippen LogP contribution in [-0.2, 0) is 29.1 Å². The number of aliphatic carboxylic acids is 1. The van der Waals surface area contributed by atoms with E-state index in [1.807, 2.05) is 41.0 Å². The van der Waals surface area contributed by atoms with E-state index in [1.165, 1.54) is 0 Å². The molecule has 2 aromatic carbocycles. The third-order valence-corrected chi connectivity index (χ3v) is 7.57. The first-order valence-electron chi connectivity index (χ1n) is 13.5. The Morgan fingerprint density at radius 2 is 1.74 bits per heavy atom. The molecule has 0 saturated carbocycles. The lowest BCUT2D eigenvalue weighted by atomic mass is 9.98. The number of rotatable bonds is 10. The van der Waals surface area contributed by atoms with Crippen molar-refractivity contribution < 1.29 is 35.1 Å². The number of unbranched alkanes of at least 4 members (excludes halogenated alkanes) is 1. The van der Waals surface area contributed by atoms with Gasteiger partial charge >= 0.3 is 5.97 Å². The Balaban J connectivity index is 1.40. The number of aromatic nitrogens is 6. The molecule has 13 nitrogen and oxygen atoms in total. The fraction of sp³-hybridized carbons (Fsp3) is 0.393. The van der Waals surface area contributed by atoms with Crippen LogP contribution in [0.5, 0.6) is 0 Å². The van der Waals surface area contributed by atoms with Gasteiger partial charge in [0.25, 0.3) is 0 Å². The van der Waals surface area contributed by atoms with Crippen LogP contribution in [0.15, 0.2) is 48.5 Å². The summed E-state index contributed by atoms with van der Waals surface area (Å²) in [6.07, 6.45) is -5.86. The summed E-state index contributed by atoms with van der Waals surface area (Å²) in [5, 5.41) is 62.4. The monoisotopic (exact) mass is 598 g/mol. The Morgan fingerprint density at radius 1 is 1.02 bits per heavy atom. The average molecular weight is 599 g/mol. The molecule has 42 heavy (non-hydrogen) atoms. The normalized spacial score (nSPS) is 22.4. The Bertz CT molecular complexity index is 1540. The minimum absolute atomic E-state index is 0.180. The summed E-state index contributed by atoms with van der Waals surface area (Å²) in [5.41, 5.74) is 3.83. The second-order valence-corrected chi connectivity index (χ2v) is 10.4. The molecule has 222 valence electrons. The van der Waals surface area contributed by atoms with E-state index in [0.29, 0.717) is 23.0 Å². The van der Waals surface area contributed by atoms with Gasteiger partial charge in [-0.2, -0.15) is 0 Å². The van der Waals surface area contributed by atoms with Crippen LogP contribution < -0.4 is 0 Å². The number of benzene rings is 2. The molecule has 5 N–H and O–H groups in total. The molecule has 0 bridgehead atoms. The van der Waals surface area contributed by atoms with Gasteiger partial charge in [0.2, 0.25) is 12.1 Å². The Hall–Kier alpha value is -3.72. The van der Waals surface area contributed by atoms with Crippen LogP contribution in [0.2, 0.25) is 5.15 Å². The molecule has 3 heterocycles. The smallest absolute Gasteiger partial charge is 0.335 e. The Morgan fingerprint density at radius 3 is 2.40 bits per heavy atom. The van der Waals surface area contributed by atoms with E-state index in [9.17, 15) is 30.3 Å². The van der Waals surface area contributed by atoms with Gasteiger partial charge in [0.05, 0.1) is 12.3 Å². The SMILES string of the molecule is CCCCc1nc(Cl)c(CO)n1Cc1ccc(-c2ccccc2-c2nnn([C@H]3O[C@@H](C(=O)O)[C@H](O)[C@@H](O)[C@@H]3O)n2)cc1. The minimum Gasteiger partial charge on any atom is -0.479 e. The highest BCUT2D eigenvalue weighted by atomic mass is 35.5. The third-order valence-electron chi connectivity index (χ3n) is 7.27. The highest BCUT2D eigenvalue weighted by Gasteiger charge is 2.48. The van der Waals surface area contributed by atoms with Gasteiger partial charge in [-0.15, -0.1) is 15.0 Å². The number of hydrogen-bond donors (Lipinski definition) is 5. The first-order valence-corrected chi connectivity index (χ1v) is 13.9. The Labute approximate surface area is 245 Å². The first-order chi connectivity index (χ1) is 20.2. The molecule has 0 spiro atoms. The predicted octanol–water partition coefficient (Wildman–Crippen LogP) is 1.80. The maximum absolute atomic E-state index is 11.5. The maximum atomic E-state index is 11.5. The lowest BCUT2D eigenvalue weighted by Gasteiger charge is -2.37. The molecule has 5 rings (SSSR count). The second-order valence-electron chi connectivity index (χ2n) is 10.0. The van der Waals surface area contributed by atoms with E-state index < -0.39 is 36.6 Å². The fourth-order valence-corrected chi connectivity index (χ4v) is 5.23. The predicted molar refractivity (Wildman–Crippen MR) is 149 cm³/mol. The average Bonchev–Trinajstić information content (AvgIpc) is 3.59.